The minimum atomic E-state index is -0.322. The van der Waals surface area contributed by atoms with Crippen molar-refractivity contribution in [1.29, 1.82) is 0 Å². The average molecular weight is 665 g/mol. The molecule has 1 unspecified atom stereocenters. The molecule has 0 bridgehead atoms. The molecule has 3 aromatic heterocycles. The zero-order valence-corrected chi connectivity index (χ0v) is 28.4. The van der Waals surface area contributed by atoms with Gasteiger partial charge in [0, 0.05) is 73.4 Å². The number of rotatable bonds is 7. The van der Waals surface area contributed by atoms with Gasteiger partial charge in [-0.15, -0.1) is 0 Å². The summed E-state index contributed by atoms with van der Waals surface area (Å²) in [5.74, 6) is 0.905. The first-order chi connectivity index (χ1) is 23.8. The second kappa shape index (κ2) is 12.7. The molecule has 5 aliphatic rings. The molecule has 0 radical (unpaired) electrons. The van der Waals surface area contributed by atoms with E-state index < -0.39 is 0 Å². The van der Waals surface area contributed by atoms with Gasteiger partial charge in [-0.25, -0.2) is 9.97 Å². The molecule has 2 fully saturated rings. The van der Waals surface area contributed by atoms with Crippen molar-refractivity contribution in [3.05, 3.63) is 81.2 Å². The molecular formula is C37H44N8O4. The highest BCUT2D eigenvalue weighted by Gasteiger charge is 2.38. The van der Waals surface area contributed by atoms with Crippen molar-refractivity contribution in [3.8, 4) is 11.1 Å². The van der Waals surface area contributed by atoms with Gasteiger partial charge >= 0.3 is 0 Å². The zero-order chi connectivity index (χ0) is 33.8. The van der Waals surface area contributed by atoms with Crippen molar-refractivity contribution in [3.63, 3.8) is 0 Å². The van der Waals surface area contributed by atoms with Gasteiger partial charge in [0.1, 0.15) is 17.3 Å². The first-order valence-corrected chi connectivity index (χ1v) is 17.4. The van der Waals surface area contributed by atoms with Crippen molar-refractivity contribution >= 4 is 28.9 Å². The Morgan fingerprint density at radius 2 is 1.88 bits per heavy atom. The highest BCUT2D eigenvalue weighted by Crippen LogP contribution is 2.43. The number of nitrogens with zero attached hydrogens (tertiary/aromatic N) is 6. The summed E-state index contributed by atoms with van der Waals surface area (Å²) in [5, 5.41) is 17.4. The van der Waals surface area contributed by atoms with E-state index >= 15 is 0 Å². The van der Waals surface area contributed by atoms with E-state index in [2.05, 4.69) is 45.3 Å². The molecular weight excluding hydrogens is 620 g/mol. The topological polar surface area (TPSA) is 128 Å². The number of amides is 1. The van der Waals surface area contributed by atoms with E-state index in [0.29, 0.717) is 58.6 Å². The maximum Gasteiger partial charge on any atom is 0.274 e. The number of allylic oxidation sites excluding steroid dienone is 2. The number of ether oxygens (including phenoxy) is 1. The number of nitrogens with one attached hydrogen (secondary N) is 2. The first kappa shape index (κ1) is 31.7. The smallest absolute Gasteiger partial charge is 0.274 e. The first-order valence-electron chi connectivity index (χ1n) is 17.4. The molecule has 2 aliphatic carbocycles. The maximum atomic E-state index is 13.8. The number of aliphatic hydroxyl groups is 1. The Bertz CT molecular complexity index is 1910. The minimum absolute atomic E-state index is 0.0708. The quantitative estimate of drug-likeness (QED) is 0.343. The molecule has 2 saturated heterocycles. The van der Waals surface area contributed by atoms with E-state index in [1.54, 1.807) is 30.4 Å². The molecule has 49 heavy (non-hydrogen) atoms. The lowest BCUT2D eigenvalue weighted by Gasteiger charge is -2.50. The van der Waals surface area contributed by atoms with E-state index in [1.807, 2.05) is 18.3 Å². The van der Waals surface area contributed by atoms with Crippen LogP contribution in [0.3, 0.4) is 0 Å². The van der Waals surface area contributed by atoms with Gasteiger partial charge in [0.15, 0.2) is 0 Å². The Labute approximate surface area is 286 Å². The third kappa shape index (κ3) is 5.61. The molecule has 256 valence electrons. The van der Waals surface area contributed by atoms with E-state index in [9.17, 15) is 14.7 Å². The Kier molecular flexibility index (Phi) is 8.25. The van der Waals surface area contributed by atoms with Crippen LogP contribution in [0.25, 0.3) is 11.1 Å². The number of aromatic nitrogens is 3. The number of aliphatic hydroxyl groups excluding tert-OH is 1. The Morgan fingerprint density at radius 3 is 2.63 bits per heavy atom. The number of carbonyl (C=O) groups is 1. The number of aryl methyl sites for hydroxylation is 1. The average Bonchev–Trinajstić information content (AvgIpc) is 3.47. The van der Waals surface area contributed by atoms with Gasteiger partial charge in [0.25, 0.3) is 11.5 Å². The molecule has 3 N–H and O–H groups in total. The van der Waals surface area contributed by atoms with Crippen LogP contribution < -0.4 is 26.0 Å². The molecule has 0 aromatic carbocycles. The summed E-state index contributed by atoms with van der Waals surface area (Å²) in [7, 11) is 1.70. The molecule has 12 heteroatoms. The molecule has 8 rings (SSSR count). The summed E-state index contributed by atoms with van der Waals surface area (Å²) < 4.78 is 6.95. The van der Waals surface area contributed by atoms with Crippen molar-refractivity contribution in [2.24, 2.45) is 7.05 Å². The van der Waals surface area contributed by atoms with Crippen LogP contribution in [0.2, 0.25) is 0 Å². The van der Waals surface area contributed by atoms with Crippen LogP contribution in [0.4, 0.5) is 23.0 Å². The summed E-state index contributed by atoms with van der Waals surface area (Å²) in [4.78, 5) is 43.0. The Morgan fingerprint density at radius 1 is 1.04 bits per heavy atom. The molecule has 0 spiro atoms. The van der Waals surface area contributed by atoms with E-state index in [0.717, 1.165) is 62.5 Å². The predicted molar refractivity (Wildman–Crippen MR) is 189 cm³/mol. The molecule has 2 atom stereocenters. The molecule has 3 aromatic rings. The summed E-state index contributed by atoms with van der Waals surface area (Å²) in [6, 6.07) is 8.80. The molecule has 6 heterocycles. The number of carbonyl (C=O) groups excluding carboxylic acids is 1. The normalized spacial score (nSPS) is 23.0. The summed E-state index contributed by atoms with van der Waals surface area (Å²) in [6.45, 7) is 7.99. The summed E-state index contributed by atoms with van der Waals surface area (Å²) in [5.41, 5.74) is 7.60. The van der Waals surface area contributed by atoms with Gasteiger partial charge in [-0.05, 0) is 74.9 Å². The van der Waals surface area contributed by atoms with Crippen LogP contribution in [0, 0.1) is 0 Å². The van der Waals surface area contributed by atoms with Gasteiger partial charge < -0.3 is 29.9 Å². The predicted octanol–water partition coefficient (Wildman–Crippen LogP) is 3.80. The van der Waals surface area contributed by atoms with Gasteiger partial charge in [0.05, 0.1) is 44.4 Å². The number of fused-ring (bicyclic) bond motifs is 1. The maximum absolute atomic E-state index is 13.8. The highest BCUT2D eigenvalue weighted by molar-refractivity contribution is 6.08. The fraction of sp³-hybridized carbons (Fsp3) is 0.459. The number of anilines is 4. The van der Waals surface area contributed by atoms with E-state index in [4.69, 9.17) is 9.72 Å². The SMILES string of the molecule is CC1CN(c2ccc(Nc3cc(-c4ccnc(N5CNC6=C(CC7=C6CCCC7)C5=O)c4CO)cn(C)c3=O)nc2)[C@@H](C)CN1C1COC1. The lowest BCUT2D eigenvalue weighted by molar-refractivity contribution is -0.115. The lowest BCUT2D eigenvalue weighted by atomic mass is 9.93. The van der Waals surface area contributed by atoms with Crippen molar-refractivity contribution < 1.29 is 14.6 Å². The number of hydrogen-bond donors (Lipinski definition) is 3. The third-order valence-corrected chi connectivity index (χ3v) is 10.9. The lowest BCUT2D eigenvalue weighted by Crippen LogP contribution is -2.63. The number of hydrogen-bond acceptors (Lipinski definition) is 10. The zero-order valence-electron chi connectivity index (χ0n) is 28.4. The highest BCUT2D eigenvalue weighted by atomic mass is 16.5. The van der Waals surface area contributed by atoms with Gasteiger partial charge in [-0.1, -0.05) is 5.57 Å². The summed E-state index contributed by atoms with van der Waals surface area (Å²) in [6.07, 6.45) is 10.3. The molecule has 12 nitrogen and oxygen atoms in total. The van der Waals surface area contributed by atoms with Crippen LogP contribution in [0.1, 0.15) is 51.5 Å². The second-order valence-corrected chi connectivity index (χ2v) is 14.0. The van der Waals surface area contributed by atoms with Crippen LogP contribution >= 0.6 is 0 Å². The van der Waals surface area contributed by atoms with E-state index in [1.165, 1.54) is 22.1 Å². The Balaban J connectivity index is 1.03. The van der Waals surface area contributed by atoms with Gasteiger partial charge in [-0.3, -0.25) is 19.4 Å². The fourth-order valence-electron chi connectivity index (χ4n) is 8.20. The fourth-order valence-corrected chi connectivity index (χ4v) is 8.20. The monoisotopic (exact) mass is 664 g/mol. The third-order valence-electron chi connectivity index (χ3n) is 10.9. The van der Waals surface area contributed by atoms with Crippen LogP contribution in [-0.2, 0) is 23.2 Å². The summed E-state index contributed by atoms with van der Waals surface area (Å²) >= 11 is 0. The van der Waals surface area contributed by atoms with Crippen LogP contribution in [-0.4, -0.2) is 81.5 Å². The van der Waals surface area contributed by atoms with Crippen molar-refractivity contribution in [2.75, 3.05) is 48.1 Å². The molecule has 1 amide bonds. The number of pyridine rings is 3. The molecule has 3 aliphatic heterocycles. The van der Waals surface area contributed by atoms with Crippen LogP contribution in [0.5, 0.6) is 0 Å². The molecule has 0 saturated carbocycles. The largest absolute Gasteiger partial charge is 0.392 e. The Hall–Kier alpha value is -4.52. The van der Waals surface area contributed by atoms with Gasteiger partial charge in [0.2, 0.25) is 0 Å². The standard InChI is InChI=1S/C37H44N8O4/c1-22-16-44(27-19-49-20-27)23(2)15-43(22)26-8-9-33(39-14-26)41-32-13-25(17-42(3)37(32)48)28-10-11-38-35(31(28)18-46)45-21-40-34-29-7-5-4-6-24(29)12-30(34)36(45)47/h8-11,13-14,17,22-23,27,40,46H,4-7,12,15-16,18-21H2,1-3H3,(H,39,41)/t22-,23?/m0/s1. The van der Waals surface area contributed by atoms with Crippen LogP contribution in [0.15, 0.2) is 70.1 Å². The minimum Gasteiger partial charge on any atom is -0.392 e. The van der Waals surface area contributed by atoms with Crippen molar-refractivity contribution in [2.45, 2.75) is 70.7 Å². The number of piperazine rings is 1. The van der Waals surface area contributed by atoms with Crippen molar-refractivity contribution in [1.82, 2.24) is 24.8 Å². The second-order valence-electron chi connectivity index (χ2n) is 14.0. The van der Waals surface area contributed by atoms with E-state index in [-0.39, 0.29) is 24.7 Å². The van der Waals surface area contributed by atoms with Gasteiger partial charge in [-0.2, -0.15) is 0 Å².